The van der Waals surface area contributed by atoms with Gasteiger partial charge >= 0.3 is 7.82 Å². The molecule has 10 heteroatoms. The highest BCUT2D eigenvalue weighted by atomic mass is 31.2. The molecule has 0 radical (unpaired) electrons. The quantitative estimate of drug-likeness (QED) is 0.0232. The molecule has 0 aliphatic rings. The van der Waals surface area contributed by atoms with Crippen LogP contribution in [0.25, 0.3) is 0 Å². The van der Waals surface area contributed by atoms with Crippen molar-refractivity contribution in [1.29, 1.82) is 0 Å². The normalized spacial score (nSPS) is 14.8. The van der Waals surface area contributed by atoms with Gasteiger partial charge in [-0.15, -0.1) is 0 Å². The molecule has 0 bridgehead atoms. The number of aliphatic hydroxyl groups is 2. The first kappa shape index (κ1) is 54.9. The zero-order valence-electron chi connectivity index (χ0n) is 36.5. The van der Waals surface area contributed by atoms with Crippen LogP contribution >= 0.6 is 7.82 Å². The van der Waals surface area contributed by atoms with Crippen molar-refractivity contribution in [2.45, 2.75) is 244 Å². The maximum absolute atomic E-state index is 12.8. The molecule has 0 aliphatic heterocycles. The van der Waals surface area contributed by atoms with Gasteiger partial charge in [0.1, 0.15) is 0 Å². The smallest absolute Gasteiger partial charge is 0.393 e. The fourth-order valence-electron chi connectivity index (χ4n) is 7.04. The summed E-state index contributed by atoms with van der Waals surface area (Å²) < 4.78 is 22.2. The van der Waals surface area contributed by atoms with Gasteiger partial charge < -0.3 is 26.2 Å². The van der Waals surface area contributed by atoms with E-state index in [1.165, 1.54) is 128 Å². The van der Waals surface area contributed by atoms with Crippen molar-refractivity contribution < 1.29 is 33.5 Å². The van der Waals surface area contributed by atoms with E-state index in [1.54, 1.807) is 0 Å². The first-order chi connectivity index (χ1) is 27.3. The first-order valence-corrected chi connectivity index (χ1v) is 25.0. The lowest BCUT2D eigenvalue weighted by molar-refractivity contribution is -0.125. The van der Waals surface area contributed by atoms with Crippen LogP contribution in [0.15, 0.2) is 24.3 Å². The van der Waals surface area contributed by atoms with Crippen LogP contribution in [0.5, 0.6) is 0 Å². The van der Waals surface area contributed by atoms with Crippen LogP contribution in [0.4, 0.5) is 0 Å². The predicted molar refractivity (Wildman–Crippen MR) is 237 cm³/mol. The Labute approximate surface area is 345 Å². The molecule has 0 fully saturated rings. The summed E-state index contributed by atoms with van der Waals surface area (Å²) in [5.74, 6) is -0.420. The van der Waals surface area contributed by atoms with Crippen molar-refractivity contribution in [3.05, 3.63) is 24.3 Å². The fourth-order valence-corrected chi connectivity index (χ4v) is 7.79. The molecule has 332 valence electrons. The van der Waals surface area contributed by atoms with E-state index in [4.69, 9.17) is 14.8 Å². The van der Waals surface area contributed by atoms with E-state index in [2.05, 4.69) is 43.5 Å². The molecule has 0 aliphatic carbocycles. The Morgan fingerprint density at radius 2 is 1.02 bits per heavy atom. The number of hydrogen-bond donors (Lipinski definition) is 5. The average molecular weight is 815 g/mol. The van der Waals surface area contributed by atoms with E-state index in [0.29, 0.717) is 12.8 Å². The Bertz CT molecular complexity index is 950. The number of allylic oxidation sites excluding steroid dienone is 4. The zero-order chi connectivity index (χ0) is 41.2. The molecule has 4 unspecified atom stereocenters. The summed E-state index contributed by atoms with van der Waals surface area (Å²) in [6, 6.07) is -0.900. The second-order valence-electron chi connectivity index (χ2n) is 16.2. The van der Waals surface area contributed by atoms with Crippen molar-refractivity contribution in [3.8, 4) is 0 Å². The van der Waals surface area contributed by atoms with Crippen LogP contribution in [0, 0.1) is 0 Å². The molecule has 0 rings (SSSR count). The Kier molecular flexibility index (Phi) is 41.3. The third kappa shape index (κ3) is 39.8. The highest BCUT2D eigenvalue weighted by Crippen LogP contribution is 2.43. The first-order valence-electron chi connectivity index (χ1n) is 23.5. The minimum absolute atomic E-state index is 0.0582. The number of rotatable bonds is 44. The van der Waals surface area contributed by atoms with Crippen molar-refractivity contribution in [1.82, 2.24) is 5.32 Å². The number of phosphoric acid groups is 1. The van der Waals surface area contributed by atoms with Crippen LogP contribution in [-0.2, 0) is 18.4 Å². The van der Waals surface area contributed by atoms with E-state index in [9.17, 15) is 24.5 Å². The number of aliphatic hydroxyl groups excluding tert-OH is 2. The summed E-state index contributed by atoms with van der Waals surface area (Å²) >= 11 is 0. The predicted octanol–water partition coefficient (Wildman–Crippen LogP) is 12.3. The second-order valence-corrected chi connectivity index (χ2v) is 17.6. The third-order valence-corrected chi connectivity index (χ3v) is 11.6. The van der Waals surface area contributed by atoms with Crippen LogP contribution in [0.1, 0.15) is 226 Å². The largest absolute Gasteiger partial charge is 0.472 e. The molecule has 56 heavy (non-hydrogen) atoms. The number of nitrogens with two attached hydrogens (primary N) is 1. The fraction of sp³-hybridized carbons (Fsp3) is 0.891. The van der Waals surface area contributed by atoms with Crippen molar-refractivity contribution in [2.24, 2.45) is 5.73 Å². The Morgan fingerprint density at radius 3 is 1.50 bits per heavy atom. The van der Waals surface area contributed by atoms with Crippen LogP contribution < -0.4 is 11.1 Å². The van der Waals surface area contributed by atoms with Gasteiger partial charge in [0.15, 0.2) is 0 Å². The molecule has 0 aromatic rings. The number of hydrogen-bond acceptors (Lipinski definition) is 7. The van der Waals surface area contributed by atoms with Gasteiger partial charge in [-0.05, 0) is 44.9 Å². The number of nitrogens with one attached hydrogen (secondary N) is 1. The SMILES string of the molecule is CCCCC/C=C\C/C=C\CCCCCCCC(O)CC(=O)NC(COP(=O)(O)OCCN)C(O)CCCCCCCCCCCCCCCCCCCCC. The number of carbonyl (C=O) groups excluding carboxylic acids is 1. The van der Waals surface area contributed by atoms with Gasteiger partial charge in [0, 0.05) is 6.54 Å². The van der Waals surface area contributed by atoms with E-state index >= 15 is 0 Å². The highest BCUT2D eigenvalue weighted by Gasteiger charge is 2.28. The lowest BCUT2D eigenvalue weighted by Crippen LogP contribution is -2.47. The molecule has 6 N–H and O–H groups in total. The standard InChI is InChI=1S/C46H91N2O7P/c1-3-5-7-9-11-13-15-17-19-20-21-22-24-26-28-30-32-34-36-38-45(50)44(42-55-56(52,53)54-40-39-47)48-46(51)41-43(49)37-35-33-31-29-27-25-23-18-16-14-12-10-8-6-4-2/h12,14,18,23,43-45,49-50H,3-11,13,15-17,19-22,24-42,47H2,1-2H3,(H,48,51)(H,52,53)/b14-12-,23-18-. The van der Waals surface area contributed by atoms with Gasteiger partial charge in [0.05, 0.1) is 37.9 Å². The monoisotopic (exact) mass is 815 g/mol. The van der Waals surface area contributed by atoms with Crippen molar-refractivity contribution in [3.63, 3.8) is 0 Å². The Morgan fingerprint density at radius 1 is 0.607 bits per heavy atom. The topological polar surface area (TPSA) is 151 Å². The minimum Gasteiger partial charge on any atom is -0.393 e. The summed E-state index contributed by atoms with van der Waals surface area (Å²) in [6.07, 6.45) is 45.0. The van der Waals surface area contributed by atoms with Crippen molar-refractivity contribution >= 4 is 13.7 Å². The number of amides is 1. The Balaban J connectivity index is 4.22. The van der Waals surface area contributed by atoms with Crippen molar-refractivity contribution in [2.75, 3.05) is 19.8 Å². The summed E-state index contributed by atoms with van der Waals surface area (Å²) in [4.78, 5) is 22.8. The second kappa shape index (κ2) is 42.1. The molecule has 0 saturated carbocycles. The van der Waals surface area contributed by atoms with E-state index in [0.717, 1.165) is 64.2 Å². The molecule has 9 nitrogen and oxygen atoms in total. The van der Waals surface area contributed by atoms with Gasteiger partial charge in [0.25, 0.3) is 0 Å². The minimum atomic E-state index is -4.38. The number of phosphoric ester groups is 1. The molecule has 0 aromatic carbocycles. The van der Waals surface area contributed by atoms with Crippen LogP contribution in [0.3, 0.4) is 0 Å². The molecular formula is C46H91N2O7P. The zero-order valence-corrected chi connectivity index (χ0v) is 37.4. The molecule has 4 atom stereocenters. The molecule has 0 aromatic heterocycles. The van der Waals surface area contributed by atoms with E-state index in [-0.39, 0.29) is 26.2 Å². The number of carbonyl (C=O) groups is 1. The van der Waals surface area contributed by atoms with E-state index in [1.807, 2.05) is 0 Å². The van der Waals surface area contributed by atoms with Crippen LogP contribution in [0.2, 0.25) is 0 Å². The lowest BCUT2D eigenvalue weighted by atomic mass is 10.0. The van der Waals surface area contributed by atoms with Gasteiger partial charge in [0.2, 0.25) is 5.91 Å². The van der Waals surface area contributed by atoms with Crippen LogP contribution in [-0.4, -0.2) is 59.0 Å². The van der Waals surface area contributed by atoms with E-state index < -0.39 is 32.0 Å². The molecule has 0 saturated heterocycles. The summed E-state index contributed by atoms with van der Waals surface area (Å²) in [5, 5.41) is 24.2. The highest BCUT2D eigenvalue weighted by molar-refractivity contribution is 7.47. The maximum Gasteiger partial charge on any atom is 0.472 e. The van der Waals surface area contributed by atoms with Gasteiger partial charge in [-0.25, -0.2) is 4.57 Å². The number of unbranched alkanes of at least 4 members (excludes halogenated alkanes) is 26. The van der Waals surface area contributed by atoms with Gasteiger partial charge in [-0.2, -0.15) is 0 Å². The maximum atomic E-state index is 12.8. The van der Waals surface area contributed by atoms with Gasteiger partial charge in [-0.3, -0.25) is 13.8 Å². The summed E-state index contributed by atoms with van der Waals surface area (Å²) in [6.45, 7) is 4.03. The third-order valence-electron chi connectivity index (χ3n) is 10.6. The summed E-state index contributed by atoms with van der Waals surface area (Å²) in [7, 11) is -4.38. The van der Waals surface area contributed by atoms with Gasteiger partial charge in [-0.1, -0.05) is 199 Å². The molecular weight excluding hydrogens is 723 g/mol. The summed E-state index contributed by atoms with van der Waals surface area (Å²) in [5.41, 5.74) is 5.38. The lowest BCUT2D eigenvalue weighted by Gasteiger charge is -2.25. The molecule has 0 heterocycles. The molecule has 0 spiro atoms. The Hall–Kier alpha value is -1.06. The molecule has 1 amide bonds. The average Bonchev–Trinajstić information content (AvgIpc) is 3.17.